The molecular formula is C9H17NO. The van der Waals surface area contributed by atoms with Gasteiger partial charge < -0.3 is 10.5 Å². The number of hydrogen-bond acceptors (Lipinski definition) is 2. The fourth-order valence-corrected chi connectivity index (χ4v) is 2.22. The van der Waals surface area contributed by atoms with Gasteiger partial charge in [-0.05, 0) is 43.6 Å². The summed E-state index contributed by atoms with van der Waals surface area (Å²) in [4.78, 5) is 0. The molecule has 2 nitrogen and oxygen atoms in total. The molecule has 2 N–H and O–H groups in total. The van der Waals surface area contributed by atoms with E-state index < -0.39 is 0 Å². The van der Waals surface area contributed by atoms with Gasteiger partial charge >= 0.3 is 0 Å². The van der Waals surface area contributed by atoms with Gasteiger partial charge in [0.05, 0.1) is 0 Å². The van der Waals surface area contributed by atoms with Crippen molar-refractivity contribution < 1.29 is 4.74 Å². The highest BCUT2D eigenvalue weighted by Crippen LogP contribution is 2.46. The summed E-state index contributed by atoms with van der Waals surface area (Å²) in [5, 5.41) is 0. The van der Waals surface area contributed by atoms with Gasteiger partial charge in [-0.2, -0.15) is 0 Å². The fraction of sp³-hybridized carbons (Fsp3) is 1.00. The molecule has 11 heavy (non-hydrogen) atoms. The molecule has 1 aliphatic heterocycles. The van der Waals surface area contributed by atoms with Gasteiger partial charge in [-0.15, -0.1) is 0 Å². The number of ether oxygens (including phenoxy) is 1. The predicted molar refractivity (Wildman–Crippen MR) is 44.2 cm³/mol. The summed E-state index contributed by atoms with van der Waals surface area (Å²) in [7, 11) is 0. The SMILES string of the molecule is NCC1CC1C1CCCOC1. The smallest absolute Gasteiger partial charge is 0.0497 e. The van der Waals surface area contributed by atoms with Crippen LogP contribution in [-0.4, -0.2) is 19.8 Å². The molecule has 0 radical (unpaired) electrons. The largest absolute Gasteiger partial charge is 0.381 e. The zero-order valence-electron chi connectivity index (χ0n) is 6.96. The van der Waals surface area contributed by atoms with Crippen LogP contribution in [0.1, 0.15) is 19.3 Å². The summed E-state index contributed by atoms with van der Waals surface area (Å²) in [6.07, 6.45) is 4.00. The van der Waals surface area contributed by atoms with Crippen molar-refractivity contribution in [3.63, 3.8) is 0 Å². The second-order valence-electron chi connectivity index (χ2n) is 3.87. The Morgan fingerprint density at radius 1 is 1.45 bits per heavy atom. The minimum atomic E-state index is 0.835. The van der Waals surface area contributed by atoms with Gasteiger partial charge in [-0.3, -0.25) is 0 Å². The minimum absolute atomic E-state index is 0.835. The second kappa shape index (κ2) is 3.11. The van der Waals surface area contributed by atoms with Gasteiger partial charge in [0.2, 0.25) is 0 Å². The Balaban J connectivity index is 1.77. The highest BCUT2D eigenvalue weighted by Gasteiger charge is 2.41. The summed E-state index contributed by atoms with van der Waals surface area (Å²) in [5.41, 5.74) is 5.59. The molecular weight excluding hydrogens is 138 g/mol. The average Bonchev–Trinajstić information content (AvgIpc) is 2.85. The van der Waals surface area contributed by atoms with E-state index in [2.05, 4.69) is 0 Å². The number of rotatable bonds is 2. The molecule has 64 valence electrons. The molecule has 2 rings (SSSR count). The summed E-state index contributed by atoms with van der Waals surface area (Å²) >= 11 is 0. The number of hydrogen-bond donors (Lipinski definition) is 1. The first kappa shape index (κ1) is 7.56. The van der Waals surface area contributed by atoms with Crippen LogP contribution in [0.4, 0.5) is 0 Å². The maximum absolute atomic E-state index is 5.59. The van der Waals surface area contributed by atoms with Crippen LogP contribution in [0.2, 0.25) is 0 Å². The van der Waals surface area contributed by atoms with Crippen molar-refractivity contribution in [3.8, 4) is 0 Å². The molecule has 1 saturated heterocycles. The third-order valence-corrected chi connectivity index (χ3v) is 3.08. The molecule has 3 unspecified atom stereocenters. The van der Waals surface area contributed by atoms with Gasteiger partial charge in [0.15, 0.2) is 0 Å². The van der Waals surface area contributed by atoms with Crippen LogP contribution < -0.4 is 5.73 Å². The van der Waals surface area contributed by atoms with E-state index in [0.29, 0.717) is 0 Å². The van der Waals surface area contributed by atoms with Gasteiger partial charge in [-0.1, -0.05) is 0 Å². The van der Waals surface area contributed by atoms with Crippen molar-refractivity contribution in [1.82, 2.24) is 0 Å². The predicted octanol–water partition coefficient (Wildman–Crippen LogP) is 1.01. The third kappa shape index (κ3) is 1.57. The molecule has 1 heterocycles. The minimum Gasteiger partial charge on any atom is -0.381 e. The molecule has 3 atom stereocenters. The lowest BCUT2D eigenvalue weighted by molar-refractivity contribution is 0.0446. The molecule has 0 amide bonds. The highest BCUT2D eigenvalue weighted by atomic mass is 16.5. The van der Waals surface area contributed by atoms with E-state index in [4.69, 9.17) is 10.5 Å². The second-order valence-corrected chi connectivity index (χ2v) is 3.87. The molecule has 0 aromatic heterocycles. The Bertz CT molecular complexity index is 132. The first-order chi connectivity index (χ1) is 5.42. The standard InChI is InChI=1S/C9H17NO/c10-5-8-4-9(8)7-2-1-3-11-6-7/h7-9H,1-6,10H2. The summed E-state index contributed by atoms with van der Waals surface area (Å²) in [5.74, 6) is 2.60. The van der Waals surface area contributed by atoms with Crippen LogP contribution in [0.25, 0.3) is 0 Å². The topological polar surface area (TPSA) is 35.2 Å². The van der Waals surface area contributed by atoms with Crippen molar-refractivity contribution in [2.45, 2.75) is 19.3 Å². The summed E-state index contributed by atoms with van der Waals surface area (Å²) in [6, 6.07) is 0. The van der Waals surface area contributed by atoms with E-state index in [1.165, 1.54) is 19.3 Å². The molecule has 0 aromatic rings. The molecule has 0 bridgehead atoms. The van der Waals surface area contributed by atoms with Crippen molar-refractivity contribution >= 4 is 0 Å². The maximum atomic E-state index is 5.59. The third-order valence-electron chi connectivity index (χ3n) is 3.08. The first-order valence-electron chi connectivity index (χ1n) is 4.69. The lowest BCUT2D eigenvalue weighted by Gasteiger charge is -2.21. The van der Waals surface area contributed by atoms with Crippen molar-refractivity contribution in [2.75, 3.05) is 19.8 Å². The van der Waals surface area contributed by atoms with E-state index in [1.54, 1.807) is 0 Å². The van der Waals surface area contributed by atoms with Gasteiger partial charge in [0, 0.05) is 13.2 Å². The van der Waals surface area contributed by atoms with E-state index >= 15 is 0 Å². The normalized spacial score (nSPS) is 43.9. The highest BCUT2D eigenvalue weighted by molar-refractivity contribution is 4.92. The average molecular weight is 155 g/mol. The van der Waals surface area contributed by atoms with E-state index in [9.17, 15) is 0 Å². The summed E-state index contributed by atoms with van der Waals surface area (Å²) < 4.78 is 5.44. The van der Waals surface area contributed by atoms with E-state index in [-0.39, 0.29) is 0 Å². The van der Waals surface area contributed by atoms with Crippen LogP contribution in [0.15, 0.2) is 0 Å². The Kier molecular flexibility index (Phi) is 2.14. The first-order valence-corrected chi connectivity index (χ1v) is 4.69. The Morgan fingerprint density at radius 2 is 2.36 bits per heavy atom. The van der Waals surface area contributed by atoms with Crippen LogP contribution >= 0.6 is 0 Å². The zero-order valence-corrected chi connectivity index (χ0v) is 6.96. The van der Waals surface area contributed by atoms with Gasteiger partial charge in [0.1, 0.15) is 0 Å². The number of nitrogens with two attached hydrogens (primary N) is 1. The molecule has 0 aromatic carbocycles. The Hall–Kier alpha value is -0.0800. The lowest BCUT2D eigenvalue weighted by Crippen LogP contribution is -2.20. The van der Waals surface area contributed by atoms with Gasteiger partial charge in [0.25, 0.3) is 0 Å². The summed E-state index contributed by atoms with van der Waals surface area (Å²) in [6.45, 7) is 2.87. The van der Waals surface area contributed by atoms with Crippen LogP contribution in [0.3, 0.4) is 0 Å². The lowest BCUT2D eigenvalue weighted by atomic mass is 9.96. The van der Waals surface area contributed by atoms with Gasteiger partial charge in [-0.25, -0.2) is 0 Å². The molecule has 1 saturated carbocycles. The molecule has 2 fully saturated rings. The van der Waals surface area contributed by atoms with Crippen LogP contribution in [-0.2, 0) is 4.74 Å². The molecule has 0 spiro atoms. The van der Waals surface area contributed by atoms with Crippen molar-refractivity contribution in [2.24, 2.45) is 23.5 Å². The zero-order chi connectivity index (χ0) is 7.68. The molecule has 2 aliphatic rings. The van der Waals surface area contributed by atoms with Crippen LogP contribution in [0, 0.1) is 17.8 Å². The molecule has 2 heteroatoms. The molecule has 1 aliphatic carbocycles. The Labute approximate surface area is 68.1 Å². The fourth-order valence-electron chi connectivity index (χ4n) is 2.22. The van der Waals surface area contributed by atoms with Crippen molar-refractivity contribution in [1.29, 1.82) is 0 Å². The van der Waals surface area contributed by atoms with Crippen LogP contribution in [0.5, 0.6) is 0 Å². The van der Waals surface area contributed by atoms with Crippen molar-refractivity contribution in [3.05, 3.63) is 0 Å². The monoisotopic (exact) mass is 155 g/mol. The quantitative estimate of drug-likeness (QED) is 0.646. The Morgan fingerprint density at radius 3 is 2.91 bits per heavy atom. The van der Waals surface area contributed by atoms with E-state index in [0.717, 1.165) is 37.5 Å². The van der Waals surface area contributed by atoms with E-state index in [1.807, 2.05) is 0 Å². The maximum Gasteiger partial charge on any atom is 0.0497 e.